The van der Waals surface area contributed by atoms with Gasteiger partial charge < -0.3 is 10.1 Å². The maximum atomic E-state index is 12.0. The first-order valence-corrected chi connectivity index (χ1v) is 8.85. The molecule has 0 aliphatic carbocycles. The van der Waals surface area contributed by atoms with Crippen LogP contribution in [0.5, 0.6) is 5.75 Å². The summed E-state index contributed by atoms with van der Waals surface area (Å²) in [4.78, 5) is 14.5. The fourth-order valence-electron chi connectivity index (χ4n) is 3.11. The zero-order chi connectivity index (χ0) is 16.5. The summed E-state index contributed by atoms with van der Waals surface area (Å²) in [6, 6.07) is 10.2. The Balaban J connectivity index is 1.62. The lowest BCUT2D eigenvalue weighted by atomic mass is 10.0. The van der Waals surface area contributed by atoms with Crippen molar-refractivity contribution in [1.82, 2.24) is 10.2 Å². The third-order valence-corrected chi connectivity index (χ3v) is 4.45. The van der Waals surface area contributed by atoms with Crippen LogP contribution in [0.3, 0.4) is 0 Å². The van der Waals surface area contributed by atoms with Crippen LogP contribution in [0.1, 0.15) is 39.5 Å². The molecule has 1 aliphatic rings. The fraction of sp³-hybridized carbons (Fsp3) is 0.632. The highest BCUT2D eigenvalue weighted by Crippen LogP contribution is 2.17. The molecule has 4 heteroatoms. The summed E-state index contributed by atoms with van der Waals surface area (Å²) in [5, 5.41) is 3.10. The van der Waals surface area contributed by atoms with E-state index in [1.807, 2.05) is 30.3 Å². The Hall–Kier alpha value is -1.55. The van der Waals surface area contributed by atoms with E-state index in [-0.39, 0.29) is 5.91 Å². The molecule has 1 aliphatic heterocycles. The minimum absolute atomic E-state index is 0.131. The Morgan fingerprint density at radius 3 is 2.57 bits per heavy atom. The van der Waals surface area contributed by atoms with Crippen molar-refractivity contribution >= 4 is 5.91 Å². The summed E-state index contributed by atoms with van der Waals surface area (Å²) < 4.78 is 5.61. The second-order valence-electron chi connectivity index (χ2n) is 6.62. The number of para-hydroxylation sites is 1. The van der Waals surface area contributed by atoms with E-state index in [0.717, 1.165) is 18.7 Å². The molecule has 1 atom stereocenters. The van der Waals surface area contributed by atoms with Gasteiger partial charge in [-0.3, -0.25) is 9.69 Å². The number of hydrogen-bond donors (Lipinski definition) is 1. The number of benzene rings is 1. The summed E-state index contributed by atoms with van der Waals surface area (Å²) in [6.45, 7) is 8.16. The Kier molecular flexibility index (Phi) is 7.40. The van der Waals surface area contributed by atoms with Gasteiger partial charge in [-0.2, -0.15) is 0 Å². The molecule has 1 N–H and O–H groups in total. The minimum atomic E-state index is 0.131. The normalized spacial score (nSPS) is 16.5. The predicted molar refractivity (Wildman–Crippen MR) is 93.6 cm³/mol. The number of likely N-dealkylation sites (tertiary alicyclic amines) is 1. The summed E-state index contributed by atoms with van der Waals surface area (Å²) in [7, 11) is 0. The van der Waals surface area contributed by atoms with Gasteiger partial charge in [-0.1, -0.05) is 32.0 Å². The topological polar surface area (TPSA) is 41.6 Å². The zero-order valence-corrected chi connectivity index (χ0v) is 14.5. The van der Waals surface area contributed by atoms with E-state index >= 15 is 0 Å². The highest BCUT2D eigenvalue weighted by Gasteiger charge is 2.24. The Morgan fingerprint density at radius 2 is 1.91 bits per heavy atom. The third-order valence-electron chi connectivity index (χ3n) is 4.45. The molecular weight excluding hydrogens is 288 g/mol. The molecule has 4 nitrogen and oxygen atoms in total. The number of carbonyl (C=O) groups excluding carboxylic acids is 1. The number of ether oxygens (including phenoxy) is 1. The molecule has 0 bridgehead atoms. The molecule has 0 spiro atoms. The van der Waals surface area contributed by atoms with Crippen molar-refractivity contribution in [3.05, 3.63) is 30.3 Å². The summed E-state index contributed by atoms with van der Waals surface area (Å²) in [5.41, 5.74) is 0. The van der Waals surface area contributed by atoms with Gasteiger partial charge in [0.05, 0.1) is 6.61 Å². The van der Waals surface area contributed by atoms with Gasteiger partial charge in [-0.25, -0.2) is 0 Å². The lowest BCUT2D eigenvalue weighted by molar-refractivity contribution is -0.121. The van der Waals surface area contributed by atoms with Crippen LogP contribution >= 0.6 is 0 Å². The fourth-order valence-corrected chi connectivity index (χ4v) is 3.11. The highest BCUT2D eigenvalue weighted by atomic mass is 16.5. The second-order valence-corrected chi connectivity index (χ2v) is 6.62. The number of carbonyl (C=O) groups is 1. The van der Waals surface area contributed by atoms with Crippen molar-refractivity contribution < 1.29 is 9.53 Å². The Labute approximate surface area is 140 Å². The quantitative estimate of drug-likeness (QED) is 0.712. The second kappa shape index (κ2) is 9.56. The van der Waals surface area contributed by atoms with E-state index in [1.54, 1.807) is 0 Å². The lowest BCUT2D eigenvalue weighted by Crippen LogP contribution is -2.45. The zero-order valence-electron chi connectivity index (χ0n) is 14.5. The first-order chi connectivity index (χ1) is 11.2. The predicted octanol–water partition coefficient (Wildman–Crippen LogP) is 3.08. The molecule has 1 aromatic carbocycles. The molecular formula is C19H30N2O2. The van der Waals surface area contributed by atoms with Crippen LogP contribution in [0.4, 0.5) is 0 Å². The van der Waals surface area contributed by atoms with Gasteiger partial charge in [0.15, 0.2) is 0 Å². The summed E-state index contributed by atoms with van der Waals surface area (Å²) in [5.74, 6) is 1.56. The van der Waals surface area contributed by atoms with E-state index in [4.69, 9.17) is 4.74 Å². The minimum Gasteiger partial charge on any atom is -0.494 e. The number of rotatable bonds is 9. The number of hydrogen-bond acceptors (Lipinski definition) is 3. The van der Waals surface area contributed by atoms with Crippen molar-refractivity contribution in [1.29, 1.82) is 0 Å². The maximum absolute atomic E-state index is 12.0. The first kappa shape index (κ1) is 17.8. The van der Waals surface area contributed by atoms with Crippen LogP contribution in [0.2, 0.25) is 0 Å². The molecule has 0 saturated carbocycles. The molecule has 0 radical (unpaired) electrons. The van der Waals surface area contributed by atoms with Gasteiger partial charge >= 0.3 is 0 Å². The van der Waals surface area contributed by atoms with E-state index in [9.17, 15) is 4.79 Å². The van der Waals surface area contributed by atoms with Crippen molar-refractivity contribution in [2.24, 2.45) is 5.92 Å². The van der Waals surface area contributed by atoms with Crippen LogP contribution < -0.4 is 10.1 Å². The molecule has 1 amide bonds. The molecule has 1 saturated heterocycles. The first-order valence-electron chi connectivity index (χ1n) is 8.85. The molecule has 1 heterocycles. The van der Waals surface area contributed by atoms with E-state index in [1.165, 1.54) is 25.9 Å². The van der Waals surface area contributed by atoms with Crippen LogP contribution in [0.15, 0.2) is 30.3 Å². The SMILES string of the molecule is CC(C)C(CNC(=O)CCCOc1ccccc1)N1CCCC1. The van der Waals surface area contributed by atoms with Crippen LogP contribution in [-0.2, 0) is 4.79 Å². The smallest absolute Gasteiger partial charge is 0.220 e. The molecule has 0 aromatic heterocycles. The third kappa shape index (κ3) is 6.22. The van der Waals surface area contributed by atoms with Crippen LogP contribution in [0, 0.1) is 5.92 Å². The van der Waals surface area contributed by atoms with Crippen LogP contribution in [-0.4, -0.2) is 43.1 Å². The van der Waals surface area contributed by atoms with Gasteiger partial charge in [0, 0.05) is 19.0 Å². The maximum Gasteiger partial charge on any atom is 0.220 e. The molecule has 1 aromatic rings. The number of amides is 1. The molecule has 1 fully saturated rings. The van der Waals surface area contributed by atoms with Gasteiger partial charge in [0.25, 0.3) is 0 Å². The van der Waals surface area contributed by atoms with Gasteiger partial charge in [-0.15, -0.1) is 0 Å². The lowest BCUT2D eigenvalue weighted by Gasteiger charge is -2.31. The van der Waals surface area contributed by atoms with Crippen molar-refractivity contribution in [3.63, 3.8) is 0 Å². The number of nitrogens with zero attached hydrogens (tertiary/aromatic N) is 1. The average Bonchev–Trinajstić information content (AvgIpc) is 3.06. The number of nitrogens with one attached hydrogen (secondary N) is 1. The highest BCUT2D eigenvalue weighted by molar-refractivity contribution is 5.75. The summed E-state index contributed by atoms with van der Waals surface area (Å²) >= 11 is 0. The van der Waals surface area contributed by atoms with Crippen molar-refractivity contribution in [3.8, 4) is 5.75 Å². The largest absolute Gasteiger partial charge is 0.494 e. The van der Waals surface area contributed by atoms with E-state index < -0.39 is 0 Å². The van der Waals surface area contributed by atoms with E-state index in [2.05, 4.69) is 24.1 Å². The average molecular weight is 318 g/mol. The van der Waals surface area contributed by atoms with Gasteiger partial charge in [-0.05, 0) is 50.4 Å². The molecule has 2 rings (SSSR count). The standard InChI is InChI=1S/C19H30N2O2/c1-16(2)18(21-12-6-7-13-21)15-20-19(22)11-8-14-23-17-9-4-3-5-10-17/h3-5,9-10,16,18H,6-8,11-15H2,1-2H3,(H,20,22). The molecule has 128 valence electrons. The van der Waals surface area contributed by atoms with Gasteiger partial charge in [0.2, 0.25) is 5.91 Å². The Morgan fingerprint density at radius 1 is 1.22 bits per heavy atom. The van der Waals surface area contributed by atoms with Crippen LogP contribution in [0.25, 0.3) is 0 Å². The van der Waals surface area contributed by atoms with Crippen molar-refractivity contribution in [2.45, 2.75) is 45.6 Å². The molecule has 23 heavy (non-hydrogen) atoms. The monoisotopic (exact) mass is 318 g/mol. The Bertz CT molecular complexity index is 456. The van der Waals surface area contributed by atoms with E-state index in [0.29, 0.717) is 25.0 Å². The summed E-state index contributed by atoms with van der Waals surface area (Å²) in [6.07, 6.45) is 3.84. The van der Waals surface area contributed by atoms with Gasteiger partial charge in [0.1, 0.15) is 5.75 Å². The van der Waals surface area contributed by atoms with Crippen molar-refractivity contribution in [2.75, 3.05) is 26.2 Å². The molecule has 1 unspecified atom stereocenters.